The van der Waals surface area contributed by atoms with E-state index < -0.39 is 0 Å². The van der Waals surface area contributed by atoms with Gasteiger partial charge in [0.05, 0.1) is 5.75 Å². The highest BCUT2D eigenvalue weighted by Gasteiger charge is 2.16. The zero-order valence-corrected chi connectivity index (χ0v) is 16.7. The highest BCUT2D eigenvalue weighted by Crippen LogP contribution is 2.25. The summed E-state index contributed by atoms with van der Waals surface area (Å²) in [7, 11) is 0. The molecule has 1 fully saturated rings. The molecule has 1 aliphatic rings. The van der Waals surface area contributed by atoms with Gasteiger partial charge in [0.25, 0.3) is 0 Å². The van der Waals surface area contributed by atoms with Crippen molar-refractivity contribution in [1.29, 1.82) is 0 Å². The maximum absolute atomic E-state index is 12.1. The molecule has 0 radical (unpaired) electrons. The van der Waals surface area contributed by atoms with Gasteiger partial charge in [-0.3, -0.25) is 4.79 Å². The van der Waals surface area contributed by atoms with Gasteiger partial charge in [-0.25, -0.2) is 4.98 Å². The fourth-order valence-corrected chi connectivity index (χ4v) is 4.66. The normalized spacial score (nSPS) is 13.9. The SMILES string of the molecule is O=C(CSC(=S)N1CCCC1)Nc1ncc(Cc2ccccc2Cl)s1. The van der Waals surface area contributed by atoms with Crippen LogP contribution in [0.25, 0.3) is 0 Å². The minimum absolute atomic E-state index is 0.0785. The number of hydrogen-bond donors (Lipinski definition) is 1. The number of hydrogen-bond acceptors (Lipinski definition) is 5. The average Bonchev–Trinajstić information content (AvgIpc) is 3.27. The van der Waals surface area contributed by atoms with E-state index in [9.17, 15) is 4.79 Å². The zero-order chi connectivity index (χ0) is 17.6. The molecule has 25 heavy (non-hydrogen) atoms. The van der Waals surface area contributed by atoms with Crippen molar-refractivity contribution in [3.8, 4) is 0 Å². The molecule has 0 spiro atoms. The number of nitrogens with zero attached hydrogens (tertiary/aromatic N) is 2. The maximum atomic E-state index is 12.1. The van der Waals surface area contributed by atoms with Crippen molar-refractivity contribution in [3.63, 3.8) is 0 Å². The van der Waals surface area contributed by atoms with E-state index in [1.54, 1.807) is 6.20 Å². The van der Waals surface area contributed by atoms with E-state index >= 15 is 0 Å². The Kier molecular flexibility index (Phi) is 6.70. The molecule has 0 bridgehead atoms. The molecule has 0 saturated carbocycles. The first-order chi connectivity index (χ1) is 12.1. The summed E-state index contributed by atoms with van der Waals surface area (Å²) < 4.78 is 0.811. The summed E-state index contributed by atoms with van der Waals surface area (Å²) >= 11 is 14.4. The molecule has 0 atom stereocenters. The van der Waals surface area contributed by atoms with E-state index in [-0.39, 0.29) is 5.91 Å². The first-order valence-electron chi connectivity index (χ1n) is 8.01. The minimum Gasteiger partial charge on any atom is -0.358 e. The third-order valence-corrected chi connectivity index (χ3v) is 6.62. The Labute approximate surface area is 166 Å². The standard InChI is InChI=1S/C17H18ClN3OS3/c18-14-6-2-1-5-12(14)9-13-10-19-16(25-13)20-15(22)11-24-17(23)21-7-3-4-8-21/h1-2,5-6,10H,3-4,7-9,11H2,(H,19,20,22). The number of thiazole rings is 1. The summed E-state index contributed by atoms with van der Waals surface area (Å²) in [5, 5.41) is 4.20. The van der Waals surface area contributed by atoms with Crippen LogP contribution in [0.4, 0.5) is 5.13 Å². The molecule has 3 rings (SSSR count). The number of anilines is 1. The molecule has 1 N–H and O–H groups in total. The second-order valence-electron chi connectivity index (χ2n) is 5.70. The molecule has 1 aliphatic heterocycles. The molecule has 2 aromatic rings. The van der Waals surface area contributed by atoms with E-state index in [0.717, 1.165) is 32.9 Å². The molecule has 4 nitrogen and oxygen atoms in total. The molecule has 1 aromatic carbocycles. The molecule has 132 valence electrons. The lowest BCUT2D eigenvalue weighted by Crippen LogP contribution is -2.25. The second kappa shape index (κ2) is 8.98. The van der Waals surface area contributed by atoms with Gasteiger partial charge in [-0.05, 0) is 24.5 Å². The van der Waals surface area contributed by atoms with E-state index in [1.165, 1.54) is 35.9 Å². The summed E-state index contributed by atoms with van der Waals surface area (Å²) in [6.45, 7) is 2.01. The quantitative estimate of drug-likeness (QED) is 0.737. The van der Waals surface area contributed by atoms with E-state index in [2.05, 4.69) is 15.2 Å². The monoisotopic (exact) mass is 411 g/mol. The van der Waals surface area contributed by atoms with Gasteiger partial charge < -0.3 is 10.2 Å². The molecule has 1 saturated heterocycles. The van der Waals surface area contributed by atoms with Crippen molar-refractivity contribution >= 4 is 62.3 Å². The number of carbonyl (C=O) groups excluding carboxylic acids is 1. The second-order valence-corrected chi connectivity index (χ2v) is 8.83. The number of halogens is 1. The van der Waals surface area contributed by atoms with Crippen LogP contribution >= 0.6 is 46.9 Å². The smallest absolute Gasteiger partial charge is 0.236 e. The van der Waals surface area contributed by atoms with Crippen LogP contribution in [0.15, 0.2) is 30.5 Å². The van der Waals surface area contributed by atoms with Gasteiger partial charge in [0, 0.05) is 35.6 Å². The van der Waals surface area contributed by atoms with E-state index in [4.69, 9.17) is 23.8 Å². The number of thiocarbonyl (C=S) groups is 1. The van der Waals surface area contributed by atoms with Crippen molar-refractivity contribution in [3.05, 3.63) is 45.9 Å². The number of amides is 1. The van der Waals surface area contributed by atoms with Crippen molar-refractivity contribution in [1.82, 2.24) is 9.88 Å². The lowest BCUT2D eigenvalue weighted by molar-refractivity contribution is -0.113. The van der Waals surface area contributed by atoms with Crippen LogP contribution < -0.4 is 5.32 Å². The summed E-state index contributed by atoms with van der Waals surface area (Å²) in [4.78, 5) is 19.6. The lowest BCUT2D eigenvalue weighted by Gasteiger charge is -2.17. The van der Waals surface area contributed by atoms with Crippen LogP contribution in [0.5, 0.6) is 0 Å². The Morgan fingerprint density at radius 2 is 2.12 bits per heavy atom. The van der Waals surface area contributed by atoms with Gasteiger partial charge in [0.2, 0.25) is 5.91 Å². The Balaban J connectivity index is 1.48. The molecule has 1 aromatic heterocycles. The highest BCUT2D eigenvalue weighted by molar-refractivity contribution is 8.23. The summed E-state index contributed by atoms with van der Waals surface area (Å²) in [6, 6.07) is 7.75. The average molecular weight is 412 g/mol. The van der Waals surface area contributed by atoms with Gasteiger partial charge in [-0.2, -0.15) is 0 Å². The molecule has 1 amide bonds. The Morgan fingerprint density at radius 3 is 2.88 bits per heavy atom. The molecule has 0 aliphatic carbocycles. The number of aromatic nitrogens is 1. The van der Waals surface area contributed by atoms with Crippen LogP contribution in [0.3, 0.4) is 0 Å². The minimum atomic E-state index is -0.0785. The Hall–Kier alpha value is -1.15. The van der Waals surface area contributed by atoms with Crippen LogP contribution in [0, 0.1) is 0 Å². The molecular formula is C17H18ClN3OS3. The number of likely N-dealkylation sites (tertiary alicyclic amines) is 1. The largest absolute Gasteiger partial charge is 0.358 e. The van der Waals surface area contributed by atoms with Crippen molar-refractivity contribution in [2.75, 3.05) is 24.2 Å². The van der Waals surface area contributed by atoms with Gasteiger partial charge in [-0.15, -0.1) is 11.3 Å². The van der Waals surface area contributed by atoms with Crippen LogP contribution in [0.2, 0.25) is 5.02 Å². The summed E-state index contributed by atoms with van der Waals surface area (Å²) in [6.07, 6.45) is 4.85. The molecule has 8 heteroatoms. The maximum Gasteiger partial charge on any atom is 0.236 e. The number of rotatable bonds is 5. The highest BCUT2D eigenvalue weighted by atomic mass is 35.5. The first-order valence-corrected chi connectivity index (χ1v) is 10.6. The molecule has 0 unspecified atom stereocenters. The summed E-state index contributed by atoms with van der Waals surface area (Å²) in [5.74, 6) is 0.236. The van der Waals surface area contributed by atoms with E-state index in [0.29, 0.717) is 17.3 Å². The van der Waals surface area contributed by atoms with Crippen molar-refractivity contribution < 1.29 is 4.79 Å². The zero-order valence-electron chi connectivity index (χ0n) is 13.5. The third kappa shape index (κ3) is 5.41. The van der Waals surface area contributed by atoms with Gasteiger partial charge >= 0.3 is 0 Å². The van der Waals surface area contributed by atoms with Gasteiger partial charge in [0.15, 0.2) is 5.13 Å². The predicted molar refractivity (Wildman–Crippen MR) is 111 cm³/mol. The topological polar surface area (TPSA) is 45.2 Å². The summed E-state index contributed by atoms with van der Waals surface area (Å²) in [5.41, 5.74) is 1.05. The fraction of sp³-hybridized carbons (Fsp3) is 0.353. The molecular weight excluding hydrogens is 394 g/mol. The Morgan fingerprint density at radius 1 is 1.36 bits per heavy atom. The first kappa shape index (κ1) is 18.6. The third-order valence-electron chi connectivity index (χ3n) is 3.81. The van der Waals surface area contributed by atoms with Crippen molar-refractivity contribution in [2.45, 2.75) is 19.3 Å². The number of benzene rings is 1. The lowest BCUT2D eigenvalue weighted by atomic mass is 10.1. The van der Waals surface area contributed by atoms with Crippen LogP contribution in [-0.4, -0.2) is 39.0 Å². The number of thioether (sulfide) groups is 1. The number of carbonyl (C=O) groups is 1. The van der Waals surface area contributed by atoms with Crippen molar-refractivity contribution in [2.24, 2.45) is 0 Å². The molecule has 2 heterocycles. The predicted octanol–water partition coefficient (Wildman–Crippen LogP) is 4.44. The van der Waals surface area contributed by atoms with E-state index in [1.807, 2.05) is 24.3 Å². The number of nitrogens with one attached hydrogen (secondary N) is 1. The Bertz CT molecular complexity index is 759. The van der Waals surface area contributed by atoms with Gasteiger partial charge in [0.1, 0.15) is 4.32 Å². The van der Waals surface area contributed by atoms with Crippen LogP contribution in [0.1, 0.15) is 23.3 Å². The fourth-order valence-electron chi connectivity index (χ4n) is 2.55. The van der Waals surface area contributed by atoms with Gasteiger partial charge in [-0.1, -0.05) is 53.8 Å². The van der Waals surface area contributed by atoms with Crippen LogP contribution in [-0.2, 0) is 11.2 Å².